The second-order valence-corrected chi connectivity index (χ2v) is 6.14. The Hall–Kier alpha value is -3.28. The Labute approximate surface area is 150 Å². The van der Waals surface area contributed by atoms with Crippen LogP contribution < -0.4 is 14.2 Å². The number of benzene rings is 2. The van der Waals surface area contributed by atoms with Gasteiger partial charge in [0.15, 0.2) is 17.2 Å². The molecule has 2 aliphatic rings. The van der Waals surface area contributed by atoms with E-state index in [0.717, 1.165) is 11.3 Å². The average molecular weight is 351 g/mol. The fourth-order valence-corrected chi connectivity index (χ4v) is 2.67. The number of fused-ring (bicyclic) bond motifs is 1. The van der Waals surface area contributed by atoms with Gasteiger partial charge in [0, 0.05) is 5.56 Å². The number of aliphatic imine (C=N–C) groups is 1. The van der Waals surface area contributed by atoms with Crippen molar-refractivity contribution in [3.8, 4) is 17.2 Å². The molecule has 2 heterocycles. The molecule has 0 bridgehead atoms. The lowest BCUT2D eigenvalue weighted by atomic mass is 10.2. The molecule has 26 heavy (non-hydrogen) atoms. The summed E-state index contributed by atoms with van der Waals surface area (Å²) in [6.07, 6.45) is 1.75. The van der Waals surface area contributed by atoms with Gasteiger partial charge in [0.1, 0.15) is 5.75 Å². The summed E-state index contributed by atoms with van der Waals surface area (Å²) in [6.45, 7) is 4.10. The number of ether oxygens (including phenoxy) is 4. The van der Waals surface area contributed by atoms with Crippen LogP contribution in [0, 0.1) is 0 Å². The summed E-state index contributed by atoms with van der Waals surface area (Å²) in [6, 6.07) is 12.8. The molecule has 2 aromatic rings. The van der Waals surface area contributed by atoms with Crippen molar-refractivity contribution in [2.75, 3.05) is 6.79 Å². The Morgan fingerprint density at radius 1 is 1.12 bits per heavy atom. The highest BCUT2D eigenvalue weighted by molar-refractivity contribution is 6.13. The van der Waals surface area contributed by atoms with Gasteiger partial charge in [-0.05, 0) is 55.8 Å². The van der Waals surface area contributed by atoms with Crippen molar-refractivity contribution in [2.24, 2.45) is 4.99 Å². The van der Waals surface area contributed by atoms with E-state index in [4.69, 9.17) is 18.9 Å². The van der Waals surface area contributed by atoms with Crippen LogP contribution in [0.1, 0.15) is 25.0 Å². The Bertz CT molecular complexity index is 930. The van der Waals surface area contributed by atoms with Crippen molar-refractivity contribution in [3.05, 3.63) is 59.3 Å². The lowest BCUT2D eigenvalue weighted by Crippen LogP contribution is -2.05. The molecule has 0 atom stereocenters. The van der Waals surface area contributed by atoms with E-state index in [1.54, 1.807) is 24.3 Å². The number of hydrogen-bond donors (Lipinski definition) is 0. The predicted molar refractivity (Wildman–Crippen MR) is 95.4 cm³/mol. The molecule has 0 aliphatic carbocycles. The minimum atomic E-state index is -0.493. The Morgan fingerprint density at radius 2 is 1.96 bits per heavy atom. The standard InChI is InChI=1S/C20H17NO5/c1-12(2)25-15-5-3-4-13(8-15)9-16-20(22)26-19(21-16)14-6-7-17-18(10-14)24-11-23-17/h3-10,12H,11H2,1-2H3. The SMILES string of the molecule is CC(C)Oc1cccc(C=C2N=C(c3ccc4c(c3)OCO4)OC2=O)c1. The molecule has 132 valence electrons. The number of hydrogen-bond acceptors (Lipinski definition) is 6. The first kappa shape index (κ1) is 16.2. The molecule has 6 nitrogen and oxygen atoms in total. The van der Waals surface area contributed by atoms with E-state index in [-0.39, 0.29) is 24.5 Å². The van der Waals surface area contributed by atoms with Crippen LogP contribution in [0.3, 0.4) is 0 Å². The van der Waals surface area contributed by atoms with E-state index in [1.807, 2.05) is 38.1 Å². The zero-order chi connectivity index (χ0) is 18.1. The van der Waals surface area contributed by atoms with Gasteiger partial charge in [0.2, 0.25) is 12.7 Å². The van der Waals surface area contributed by atoms with Gasteiger partial charge in [-0.1, -0.05) is 12.1 Å². The predicted octanol–water partition coefficient (Wildman–Crippen LogP) is 3.55. The lowest BCUT2D eigenvalue weighted by Gasteiger charge is -2.09. The van der Waals surface area contributed by atoms with Crippen molar-refractivity contribution < 1.29 is 23.7 Å². The second kappa shape index (κ2) is 6.55. The van der Waals surface area contributed by atoms with Crippen LogP contribution in [-0.4, -0.2) is 24.8 Å². The third-order valence-electron chi connectivity index (χ3n) is 3.77. The molecule has 0 fully saturated rings. The van der Waals surface area contributed by atoms with E-state index in [1.165, 1.54) is 0 Å². The summed E-state index contributed by atoms with van der Waals surface area (Å²) >= 11 is 0. The Balaban J connectivity index is 1.61. The maximum Gasteiger partial charge on any atom is 0.363 e. The fraction of sp³-hybridized carbons (Fsp3) is 0.200. The Kier molecular flexibility index (Phi) is 4.08. The van der Waals surface area contributed by atoms with Crippen molar-refractivity contribution in [2.45, 2.75) is 20.0 Å². The van der Waals surface area contributed by atoms with Crippen LogP contribution >= 0.6 is 0 Å². The molecular formula is C20H17NO5. The summed E-state index contributed by atoms with van der Waals surface area (Å²) in [4.78, 5) is 16.5. The van der Waals surface area contributed by atoms with Crippen LogP contribution in [0.4, 0.5) is 0 Å². The molecule has 4 rings (SSSR count). The maximum atomic E-state index is 12.2. The zero-order valence-electron chi connectivity index (χ0n) is 14.4. The van der Waals surface area contributed by atoms with Crippen molar-refractivity contribution in [3.63, 3.8) is 0 Å². The summed E-state index contributed by atoms with van der Waals surface area (Å²) in [5.41, 5.74) is 1.70. The highest BCUT2D eigenvalue weighted by atomic mass is 16.7. The smallest absolute Gasteiger partial charge is 0.363 e. The minimum absolute atomic E-state index is 0.0741. The van der Waals surface area contributed by atoms with Crippen molar-refractivity contribution >= 4 is 17.9 Å². The molecule has 0 amide bonds. The van der Waals surface area contributed by atoms with Crippen LogP contribution in [0.2, 0.25) is 0 Å². The normalized spacial score (nSPS) is 16.8. The molecule has 2 aliphatic heterocycles. The number of rotatable bonds is 4. The molecule has 0 radical (unpaired) electrons. The monoisotopic (exact) mass is 351 g/mol. The fourth-order valence-electron chi connectivity index (χ4n) is 2.67. The van der Waals surface area contributed by atoms with Gasteiger partial charge in [-0.2, -0.15) is 0 Å². The van der Waals surface area contributed by atoms with Crippen LogP contribution in [0.15, 0.2) is 53.2 Å². The first-order chi connectivity index (χ1) is 12.6. The molecule has 0 spiro atoms. The molecule has 0 saturated heterocycles. The van der Waals surface area contributed by atoms with Gasteiger partial charge in [0.25, 0.3) is 0 Å². The number of cyclic esters (lactones) is 1. The third-order valence-corrected chi connectivity index (χ3v) is 3.77. The number of nitrogens with zero attached hydrogens (tertiary/aromatic N) is 1. The summed E-state index contributed by atoms with van der Waals surface area (Å²) in [5, 5.41) is 0. The molecule has 0 unspecified atom stereocenters. The van der Waals surface area contributed by atoms with Gasteiger partial charge in [-0.25, -0.2) is 9.79 Å². The molecule has 0 aromatic heterocycles. The molecule has 2 aromatic carbocycles. The van der Waals surface area contributed by atoms with E-state index in [9.17, 15) is 4.79 Å². The van der Waals surface area contributed by atoms with Gasteiger partial charge in [-0.3, -0.25) is 0 Å². The quantitative estimate of drug-likeness (QED) is 0.622. The molecule has 0 saturated carbocycles. The molecule has 6 heteroatoms. The Morgan fingerprint density at radius 3 is 2.81 bits per heavy atom. The van der Waals surface area contributed by atoms with Gasteiger partial charge in [-0.15, -0.1) is 0 Å². The summed E-state index contributed by atoms with van der Waals surface area (Å²) < 4.78 is 21.6. The summed E-state index contributed by atoms with van der Waals surface area (Å²) in [7, 11) is 0. The number of carbonyl (C=O) groups excluding carboxylic acids is 1. The van der Waals surface area contributed by atoms with E-state index >= 15 is 0 Å². The van der Waals surface area contributed by atoms with E-state index in [0.29, 0.717) is 17.1 Å². The first-order valence-electron chi connectivity index (χ1n) is 8.28. The van der Waals surface area contributed by atoms with Crippen molar-refractivity contribution in [1.82, 2.24) is 0 Å². The highest BCUT2D eigenvalue weighted by Gasteiger charge is 2.25. The van der Waals surface area contributed by atoms with Crippen LogP contribution in [0.5, 0.6) is 17.2 Å². The third kappa shape index (κ3) is 3.26. The number of esters is 1. The van der Waals surface area contributed by atoms with Crippen molar-refractivity contribution in [1.29, 1.82) is 0 Å². The van der Waals surface area contributed by atoms with E-state index < -0.39 is 5.97 Å². The zero-order valence-corrected chi connectivity index (χ0v) is 14.4. The maximum absolute atomic E-state index is 12.2. The topological polar surface area (TPSA) is 66.3 Å². The first-order valence-corrected chi connectivity index (χ1v) is 8.28. The number of carbonyl (C=O) groups is 1. The van der Waals surface area contributed by atoms with Gasteiger partial charge < -0.3 is 18.9 Å². The van der Waals surface area contributed by atoms with Crippen LogP contribution in [-0.2, 0) is 9.53 Å². The highest BCUT2D eigenvalue weighted by Crippen LogP contribution is 2.33. The molecular weight excluding hydrogens is 334 g/mol. The van der Waals surface area contributed by atoms with Gasteiger partial charge in [0.05, 0.1) is 6.10 Å². The van der Waals surface area contributed by atoms with Crippen LogP contribution in [0.25, 0.3) is 6.08 Å². The van der Waals surface area contributed by atoms with E-state index in [2.05, 4.69) is 4.99 Å². The summed E-state index contributed by atoms with van der Waals surface area (Å²) in [5.74, 6) is 1.76. The second-order valence-electron chi connectivity index (χ2n) is 6.14. The average Bonchev–Trinajstić information content (AvgIpc) is 3.21. The molecule has 0 N–H and O–H groups in total. The van der Waals surface area contributed by atoms with Gasteiger partial charge >= 0.3 is 5.97 Å². The largest absolute Gasteiger partial charge is 0.491 e. The minimum Gasteiger partial charge on any atom is -0.491 e. The lowest BCUT2D eigenvalue weighted by molar-refractivity contribution is -0.129.